The lowest BCUT2D eigenvalue weighted by molar-refractivity contribution is -0.253. The molecule has 0 aliphatic carbocycles. The summed E-state index contributed by atoms with van der Waals surface area (Å²) >= 11 is 12.9. The predicted octanol–water partition coefficient (Wildman–Crippen LogP) is 8.39. The lowest BCUT2D eigenvalue weighted by atomic mass is 9.84. The van der Waals surface area contributed by atoms with E-state index in [9.17, 15) is 17.6 Å². The van der Waals surface area contributed by atoms with Crippen molar-refractivity contribution in [1.82, 2.24) is 10.2 Å². The first-order chi connectivity index (χ1) is 19.3. The maximum atomic E-state index is 13.5. The van der Waals surface area contributed by atoms with Crippen molar-refractivity contribution in [1.29, 1.82) is 0 Å². The van der Waals surface area contributed by atoms with Gasteiger partial charge in [-0.15, -0.1) is 0 Å². The lowest BCUT2D eigenvalue weighted by Crippen LogP contribution is -2.52. The molecule has 1 aliphatic heterocycles. The third kappa shape index (κ3) is 7.39. The van der Waals surface area contributed by atoms with Crippen molar-refractivity contribution in [3.63, 3.8) is 0 Å². The first-order valence-corrected chi connectivity index (χ1v) is 14.7. The molecule has 41 heavy (non-hydrogen) atoms. The second kappa shape index (κ2) is 12.7. The molecule has 0 spiro atoms. The molecule has 1 heterocycles. The summed E-state index contributed by atoms with van der Waals surface area (Å²) in [5.41, 5.74) is 1.51. The summed E-state index contributed by atoms with van der Waals surface area (Å²) < 4.78 is 58.3. The lowest BCUT2D eigenvalue weighted by Gasteiger charge is -2.36. The number of rotatable bonds is 8. The standard InChI is InChI=1S/C29H28Br2F4N4OS/c1-17(2)24-16-39(27(41)36-22-10-7-11-23(15-22)40-29(34,35)25(32)33)26(37-24)38-28(3,18-8-5-4-6-9-18)19-12-20(30)14-21(31)13-19/h4-15,17,24-25H,16H2,1-3H3,(H,36,41)(H,37,38). The zero-order valence-corrected chi connectivity index (χ0v) is 26.3. The minimum atomic E-state index is -4.62. The van der Waals surface area contributed by atoms with Gasteiger partial charge in [0.25, 0.3) is 0 Å². The SMILES string of the molecule is CC(C)C1CN(C(=S)Nc2cccc(OC(F)(F)C(F)F)c2)C(NC(C)(c2ccccc2)c2cc(Br)cc(Br)c2)=N1. The molecule has 1 aliphatic rings. The van der Waals surface area contributed by atoms with E-state index in [-0.39, 0.29) is 17.1 Å². The Kier molecular flexibility index (Phi) is 9.65. The van der Waals surface area contributed by atoms with Gasteiger partial charge in [-0.2, -0.15) is 17.6 Å². The highest BCUT2D eigenvalue weighted by molar-refractivity contribution is 9.11. The number of guanidine groups is 1. The molecule has 0 saturated carbocycles. The Morgan fingerprint density at radius 1 is 1.00 bits per heavy atom. The van der Waals surface area contributed by atoms with Gasteiger partial charge in [0.15, 0.2) is 5.11 Å². The van der Waals surface area contributed by atoms with Crippen molar-refractivity contribution in [2.45, 2.75) is 44.9 Å². The van der Waals surface area contributed by atoms with Gasteiger partial charge in [0.2, 0.25) is 5.96 Å². The van der Waals surface area contributed by atoms with Crippen molar-refractivity contribution < 1.29 is 22.3 Å². The second-order valence-corrected chi connectivity index (χ2v) is 12.3. The van der Waals surface area contributed by atoms with Crippen LogP contribution in [0.25, 0.3) is 0 Å². The van der Waals surface area contributed by atoms with Crippen LogP contribution in [0.5, 0.6) is 5.75 Å². The number of nitrogens with one attached hydrogen (secondary N) is 2. The molecule has 0 bridgehead atoms. The van der Waals surface area contributed by atoms with Gasteiger partial charge >= 0.3 is 12.5 Å². The van der Waals surface area contributed by atoms with Crippen LogP contribution in [0.2, 0.25) is 0 Å². The van der Waals surface area contributed by atoms with Crippen LogP contribution in [-0.4, -0.2) is 41.1 Å². The van der Waals surface area contributed by atoms with Crippen LogP contribution < -0.4 is 15.4 Å². The zero-order chi connectivity index (χ0) is 29.9. The molecular weight excluding hydrogens is 688 g/mol. The maximum Gasteiger partial charge on any atom is 0.461 e. The molecule has 2 unspecified atom stereocenters. The Bertz CT molecular complexity index is 1410. The molecule has 0 radical (unpaired) electrons. The number of benzene rings is 3. The predicted molar refractivity (Wildman–Crippen MR) is 165 cm³/mol. The summed E-state index contributed by atoms with van der Waals surface area (Å²) in [5.74, 6) is 0.310. The van der Waals surface area contributed by atoms with Crippen molar-refractivity contribution in [2.24, 2.45) is 10.9 Å². The van der Waals surface area contributed by atoms with Crippen LogP contribution in [0.1, 0.15) is 31.9 Å². The molecule has 2 N–H and O–H groups in total. The maximum absolute atomic E-state index is 13.5. The fraction of sp³-hybridized carbons (Fsp3) is 0.310. The van der Waals surface area contributed by atoms with E-state index < -0.39 is 23.8 Å². The summed E-state index contributed by atoms with van der Waals surface area (Å²) in [7, 11) is 0. The number of anilines is 1. The van der Waals surface area contributed by atoms with E-state index >= 15 is 0 Å². The molecule has 0 aromatic heterocycles. The van der Waals surface area contributed by atoms with Crippen molar-refractivity contribution in [2.75, 3.05) is 11.9 Å². The van der Waals surface area contributed by atoms with Gasteiger partial charge in [0.05, 0.1) is 18.1 Å². The van der Waals surface area contributed by atoms with Crippen LogP contribution in [0, 0.1) is 5.92 Å². The van der Waals surface area contributed by atoms with E-state index in [0.717, 1.165) is 20.1 Å². The van der Waals surface area contributed by atoms with Gasteiger partial charge in [0.1, 0.15) is 5.75 Å². The number of aliphatic imine (C=N–C) groups is 1. The Balaban J connectivity index is 1.65. The van der Waals surface area contributed by atoms with E-state index in [4.69, 9.17) is 17.2 Å². The highest BCUT2D eigenvalue weighted by Gasteiger charge is 2.44. The molecule has 0 saturated heterocycles. The number of thiocarbonyl (C=S) groups is 1. The Morgan fingerprint density at radius 3 is 2.27 bits per heavy atom. The molecule has 3 aromatic rings. The number of ether oxygens (including phenoxy) is 1. The highest BCUT2D eigenvalue weighted by atomic mass is 79.9. The number of nitrogens with zero attached hydrogens (tertiary/aromatic N) is 2. The number of hydrogen-bond donors (Lipinski definition) is 2. The topological polar surface area (TPSA) is 48.9 Å². The molecular formula is C29H28Br2F4N4OS. The van der Waals surface area contributed by atoms with Gasteiger partial charge in [-0.05, 0) is 66.5 Å². The highest BCUT2D eigenvalue weighted by Crippen LogP contribution is 2.35. The molecule has 0 amide bonds. The summed E-state index contributed by atoms with van der Waals surface area (Å²) in [6.45, 7) is 6.66. The molecule has 0 fully saturated rings. The fourth-order valence-corrected chi connectivity index (χ4v) is 5.93. The minimum absolute atomic E-state index is 0.0779. The van der Waals surface area contributed by atoms with Crippen LogP contribution in [0.4, 0.5) is 23.2 Å². The van der Waals surface area contributed by atoms with E-state index in [1.807, 2.05) is 53.4 Å². The van der Waals surface area contributed by atoms with E-state index in [1.165, 1.54) is 18.2 Å². The number of hydrogen-bond acceptors (Lipinski definition) is 4. The van der Waals surface area contributed by atoms with Crippen molar-refractivity contribution in [3.05, 3.63) is 92.9 Å². The van der Waals surface area contributed by atoms with Crippen molar-refractivity contribution in [3.8, 4) is 5.75 Å². The molecule has 2 atom stereocenters. The van der Waals surface area contributed by atoms with Gasteiger partial charge in [-0.25, -0.2) is 4.99 Å². The van der Waals surface area contributed by atoms with Gasteiger partial charge in [-0.3, -0.25) is 4.90 Å². The molecule has 3 aromatic carbocycles. The van der Waals surface area contributed by atoms with Crippen LogP contribution in [-0.2, 0) is 5.54 Å². The van der Waals surface area contributed by atoms with Crippen molar-refractivity contribution >= 4 is 60.8 Å². The van der Waals surface area contributed by atoms with Gasteiger partial charge in [0, 0.05) is 20.7 Å². The fourth-order valence-electron chi connectivity index (χ4n) is 4.36. The summed E-state index contributed by atoms with van der Waals surface area (Å²) in [6, 6.07) is 21.2. The molecule has 5 nitrogen and oxygen atoms in total. The van der Waals surface area contributed by atoms with Crippen LogP contribution >= 0.6 is 44.1 Å². The first-order valence-electron chi connectivity index (χ1n) is 12.7. The molecule has 218 valence electrons. The smallest absolute Gasteiger partial charge is 0.428 e. The molecule has 12 heteroatoms. The van der Waals surface area contributed by atoms with E-state index in [1.54, 1.807) is 6.07 Å². The van der Waals surface area contributed by atoms with Crippen LogP contribution in [0.3, 0.4) is 0 Å². The summed E-state index contributed by atoms with van der Waals surface area (Å²) in [4.78, 5) is 6.79. The third-order valence-corrected chi connectivity index (χ3v) is 7.91. The second-order valence-electron chi connectivity index (χ2n) is 10.1. The average molecular weight is 716 g/mol. The van der Waals surface area contributed by atoms with Gasteiger partial charge in [-0.1, -0.05) is 82.1 Å². The Labute approximate surface area is 258 Å². The summed E-state index contributed by atoms with van der Waals surface area (Å²) in [5, 5.41) is 6.91. The van der Waals surface area contributed by atoms with Gasteiger partial charge < -0.3 is 15.4 Å². The largest absolute Gasteiger partial charge is 0.461 e. The molecule has 4 rings (SSSR count). The minimum Gasteiger partial charge on any atom is -0.428 e. The van der Waals surface area contributed by atoms with E-state index in [2.05, 4.69) is 68.0 Å². The average Bonchev–Trinajstić information content (AvgIpc) is 3.32. The van der Waals surface area contributed by atoms with Crippen LogP contribution in [0.15, 0.2) is 86.7 Å². The quantitative estimate of drug-likeness (QED) is 0.181. The number of alkyl halides is 4. The zero-order valence-electron chi connectivity index (χ0n) is 22.3. The Morgan fingerprint density at radius 2 is 1.66 bits per heavy atom. The normalized spacial score (nSPS) is 16.9. The monoisotopic (exact) mass is 714 g/mol. The van der Waals surface area contributed by atoms with E-state index in [0.29, 0.717) is 18.2 Å². The third-order valence-electron chi connectivity index (χ3n) is 6.67. The summed E-state index contributed by atoms with van der Waals surface area (Å²) in [6.07, 6.45) is -8.58. The first kappa shape index (κ1) is 31.2. The number of halogens is 6. The Hall–Kier alpha value is -2.70.